The molecule has 1 heterocycles. The average molecular weight is 232 g/mol. The molecule has 0 N–H and O–H groups in total. The number of benzene rings is 1. The number of carbonyl (C=O) groups is 1. The fourth-order valence-corrected chi connectivity index (χ4v) is 2.33. The summed E-state index contributed by atoms with van der Waals surface area (Å²) in [6.07, 6.45) is 3.45. The van der Waals surface area contributed by atoms with Crippen molar-refractivity contribution in [1.82, 2.24) is 0 Å². The maximum atomic E-state index is 12.1. The normalized spacial score (nSPS) is 12.3. The second-order valence-corrected chi connectivity index (χ2v) is 4.31. The lowest BCUT2D eigenvalue weighted by Gasteiger charge is -2.11. The molecular weight excluding hydrogens is 220 g/mol. The largest absolute Gasteiger partial charge is 0.461 e. The van der Waals surface area contributed by atoms with E-state index in [0.29, 0.717) is 5.76 Å². The van der Waals surface area contributed by atoms with E-state index in [1.165, 1.54) is 18.0 Å². The molecule has 1 unspecified atom stereocenters. The van der Waals surface area contributed by atoms with Crippen LogP contribution in [-0.4, -0.2) is 12.0 Å². The van der Waals surface area contributed by atoms with Gasteiger partial charge in [0.15, 0.2) is 5.76 Å². The van der Waals surface area contributed by atoms with Crippen LogP contribution in [-0.2, 0) is 0 Å². The number of ketones is 1. The highest BCUT2D eigenvalue weighted by Crippen LogP contribution is 2.30. The zero-order chi connectivity index (χ0) is 11.4. The van der Waals surface area contributed by atoms with Crippen molar-refractivity contribution in [2.24, 2.45) is 0 Å². The number of furan rings is 1. The second kappa shape index (κ2) is 5.03. The molecule has 1 aromatic heterocycles. The summed E-state index contributed by atoms with van der Waals surface area (Å²) in [6, 6.07) is 13.2. The molecule has 0 aliphatic carbocycles. The van der Waals surface area contributed by atoms with Gasteiger partial charge in [-0.2, -0.15) is 0 Å². The van der Waals surface area contributed by atoms with Gasteiger partial charge in [0.05, 0.1) is 11.5 Å². The van der Waals surface area contributed by atoms with Gasteiger partial charge in [-0.3, -0.25) is 4.79 Å². The first-order chi connectivity index (χ1) is 7.83. The Morgan fingerprint density at radius 1 is 1.19 bits per heavy atom. The van der Waals surface area contributed by atoms with E-state index in [4.69, 9.17) is 4.42 Å². The number of hydrogen-bond donors (Lipinski definition) is 0. The maximum absolute atomic E-state index is 12.1. The summed E-state index contributed by atoms with van der Waals surface area (Å²) < 4.78 is 5.14. The van der Waals surface area contributed by atoms with Crippen molar-refractivity contribution < 1.29 is 9.21 Å². The zero-order valence-electron chi connectivity index (χ0n) is 8.92. The van der Waals surface area contributed by atoms with E-state index in [2.05, 4.69) is 0 Å². The van der Waals surface area contributed by atoms with Crippen LogP contribution in [0.4, 0.5) is 0 Å². The lowest BCUT2D eigenvalue weighted by Crippen LogP contribution is -2.08. The molecule has 0 aliphatic heterocycles. The Hall–Kier alpha value is -1.48. The molecule has 0 radical (unpaired) electrons. The van der Waals surface area contributed by atoms with Gasteiger partial charge in [-0.05, 0) is 24.0 Å². The topological polar surface area (TPSA) is 30.2 Å². The van der Waals surface area contributed by atoms with E-state index >= 15 is 0 Å². The predicted molar refractivity (Wildman–Crippen MR) is 65.7 cm³/mol. The van der Waals surface area contributed by atoms with Gasteiger partial charge in [-0.15, -0.1) is 11.8 Å². The molecule has 0 bridgehead atoms. The standard InChI is InChI=1S/C13H12O2S/c1-16-13(10-6-3-2-4-7-10)12(14)11-8-5-9-15-11/h2-9,13H,1H3. The molecule has 0 spiro atoms. The minimum absolute atomic E-state index is 0.0173. The molecule has 0 aliphatic rings. The summed E-state index contributed by atoms with van der Waals surface area (Å²) >= 11 is 1.52. The van der Waals surface area contributed by atoms with Crippen LogP contribution in [0.5, 0.6) is 0 Å². The van der Waals surface area contributed by atoms with E-state index in [-0.39, 0.29) is 11.0 Å². The maximum Gasteiger partial charge on any atom is 0.215 e. The van der Waals surface area contributed by atoms with Crippen LogP contribution in [0.15, 0.2) is 53.1 Å². The summed E-state index contributed by atoms with van der Waals surface area (Å²) in [5.74, 6) is 0.437. The lowest BCUT2D eigenvalue weighted by molar-refractivity contribution is 0.0963. The van der Waals surface area contributed by atoms with Crippen molar-refractivity contribution in [3.05, 3.63) is 60.1 Å². The molecule has 0 fully saturated rings. The van der Waals surface area contributed by atoms with Gasteiger partial charge in [0.2, 0.25) is 5.78 Å². The third-order valence-corrected chi connectivity index (χ3v) is 3.30. The van der Waals surface area contributed by atoms with E-state index in [9.17, 15) is 4.79 Å². The molecular formula is C13H12O2S. The molecule has 3 heteroatoms. The molecule has 0 saturated heterocycles. The lowest BCUT2D eigenvalue weighted by atomic mass is 10.1. The molecule has 0 amide bonds. The molecule has 16 heavy (non-hydrogen) atoms. The average Bonchev–Trinajstić information content (AvgIpc) is 2.85. The highest BCUT2D eigenvalue weighted by atomic mass is 32.2. The number of thioether (sulfide) groups is 1. The Labute approximate surface area is 98.7 Å². The van der Waals surface area contributed by atoms with E-state index in [0.717, 1.165) is 5.56 Å². The number of Topliss-reactive ketones (excluding diaryl/α,β-unsaturated/α-hetero) is 1. The Bertz CT molecular complexity index is 448. The molecule has 82 valence electrons. The third-order valence-electron chi connectivity index (χ3n) is 2.34. The van der Waals surface area contributed by atoms with Crippen LogP contribution in [0, 0.1) is 0 Å². The van der Waals surface area contributed by atoms with Crippen molar-refractivity contribution >= 4 is 17.5 Å². The summed E-state index contributed by atoms with van der Waals surface area (Å²) in [5, 5.41) is -0.188. The molecule has 1 aromatic carbocycles. The monoisotopic (exact) mass is 232 g/mol. The summed E-state index contributed by atoms with van der Waals surface area (Å²) in [6.45, 7) is 0. The van der Waals surface area contributed by atoms with Gasteiger partial charge < -0.3 is 4.42 Å². The van der Waals surface area contributed by atoms with Gasteiger partial charge in [0.25, 0.3) is 0 Å². The van der Waals surface area contributed by atoms with Crippen LogP contribution >= 0.6 is 11.8 Å². The van der Waals surface area contributed by atoms with Crippen LogP contribution < -0.4 is 0 Å². The molecule has 2 rings (SSSR count). The third kappa shape index (κ3) is 2.19. The Morgan fingerprint density at radius 2 is 1.94 bits per heavy atom. The summed E-state index contributed by atoms with van der Waals surface area (Å²) in [7, 11) is 0. The Morgan fingerprint density at radius 3 is 2.50 bits per heavy atom. The smallest absolute Gasteiger partial charge is 0.215 e. The fraction of sp³-hybridized carbons (Fsp3) is 0.154. The van der Waals surface area contributed by atoms with Gasteiger partial charge in [0, 0.05) is 0 Å². The van der Waals surface area contributed by atoms with E-state index in [1.54, 1.807) is 12.1 Å². The zero-order valence-corrected chi connectivity index (χ0v) is 9.74. The van der Waals surface area contributed by atoms with Crippen LogP contribution in [0.1, 0.15) is 21.4 Å². The van der Waals surface area contributed by atoms with Crippen molar-refractivity contribution in [2.45, 2.75) is 5.25 Å². The first-order valence-electron chi connectivity index (χ1n) is 4.98. The Balaban J connectivity index is 2.27. The van der Waals surface area contributed by atoms with Crippen molar-refractivity contribution in [3.8, 4) is 0 Å². The molecule has 0 saturated carbocycles. The van der Waals surface area contributed by atoms with Gasteiger partial charge in [-0.25, -0.2) is 0 Å². The van der Waals surface area contributed by atoms with Crippen LogP contribution in [0.2, 0.25) is 0 Å². The van der Waals surface area contributed by atoms with Gasteiger partial charge in [0.1, 0.15) is 0 Å². The summed E-state index contributed by atoms with van der Waals surface area (Å²) in [5.41, 5.74) is 1.01. The first-order valence-corrected chi connectivity index (χ1v) is 6.27. The number of hydrogen-bond acceptors (Lipinski definition) is 3. The van der Waals surface area contributed by atoms with Gasteiger partial charge in [-0.1, -0.05) is 30.3 Å². The molecule has 2 nitrogen and oxygen atoms in total. The van der Waals surface area contributed by atoms with Crippen LogP contribution in [0.3, 0.4) is 0 Å². The van der Waals surface area contributed by atoms with Crippen molar-refractivity contribution in [1.29, 1.82) is 0 Å². The van der Waals surface area contributed by atoms with E-state index in [1.807, 2.05) is 36.6 Å². The quantitative estimate of drug-likeness (QED) is 0.755. The van der Waals surface area contributed by atoms with Crippen molar-refractivity contribution in [3.63, 3.8) is 0 Å². The molecule has 1 atom stereocenters. The predicted octanol–water partition coefficient (Wildman–Crippen LogP) is 3.57. The highest BCUT2D eigenvalue weighted by Gasteiger charge is 2.22. The number of rotatable bonds is 4. The minimum Gasteiger partial charge on any atom is -0.461 e. The fourth-order valence-electron chi connectivity index (χ4n) is 1.57. The second-order valence-electron chi connectivity index (χ2n) is 3.37. The SMILES string of the molecule is CSC(C(=O)c1ccco1)c1ccccc1. The van der Waals surface area contributed by atoms with Crippen molar-refractivity contribution in [2.75, 3.05) is 6.26 Å². The summed E-state index contributed by atoms with van der Waals surface area (Å²) in [4.78, 5) is 12.1. The Kier molecular flexibility index (Phi) is 3.47. The molecule has 2 aromatic rings. The minimum atomic E-state index is -0.188. The number of carbonyl (C=O) groups excluding carboxylic acids is 1. The van der Waals surface area contributed by atoms with E-state index < -0.39 is 0 Å². The van der Waals surface area contributed by atoms with Gasteiger partial charge >= 0.3 is 0 Å². The van der Waals surface area contributed by atoms with Crippen LogP contribution in [0.25, 0.3) is 0 Å². The highest BCUT2D eigenvalue weighted by molar-refractivity contribution is 7.99. The first kappa shape index (κ1) is 11.0.